The van der Waals surface area contributed by atoms with Gasteiger partial charge in [-0.05, 0) is 24.2 Å². The third-order valence-electron chi connectivity index (χ3n) is 5.88. The Morgan fingerprint density at radius 3 is 2.45 bits per heavy atom. The third kappa shape index (κ3) is 2.94. The molecule has 122 valence electrons. The Morgan fingerprint density at radius 2 is 1.86 bits per heavy atom. The van der Waals surface area contributed by atoms with E-state index in [9.17, 15) is 9.90 Å². The summed E-state index contributed by atoms with van der Waals surface area (Å²) < 4.78 is 0. The van der Waals surface area contributed by atoms with E-state index in [0.717, 1.165) is 18.5 Å². The smallest absolute Gasteiger partial charge is 0.168 e. The maximum atomic E-state index is 12.1. The Hall–Kier alpha value is -0.900. The zero-order valence-electron chi connectivity index (χ0n) is 13.3. The van der Waals surface area contributed by atoms with Crippen molar-refractivity contribution in [2.24, 2.45) is 17.3 Å². The maximum absolute atomic E-state index is 12.1. The van der Waals surface area contributed by atoms with Crippen LogP contribution in [0.4, 0.5) is 0 Å². The van der Waals surface area contributed by atoms with E-state index < -0.39 is 0 Å². The number of carbonyl (C=O) groups excluding carboxylic acids is 1. The molecule has 0 aliphatic heterocycles. The SMILES string of the molecule is CC1(C)C2CCC1C([NH2+]CCC(=O)c1ccccc1)C2O.[Cl-]. The number of halogens is 1. The number of aliphatic hydroxyl groups excluding tert-OH is 1. The summed E-state index contributed by atoms with van der Waals surface area (Å²) in [4.78, 5) is 12.1. The summed E-state index contributed by atoms with van der Waals surface area (Å²) in [7, 11) is 0. The quantitative estimate of drug-likeness (QED) is 0.657. The Morgan fingerprint density at radius 1 is 1.23 bits per heavy atom. The third-order valence-corrected chi connectivity index (χ3v) is 5.88. The van der Waals surface area contributed by atoms with Gasteiger partial charge in [0.05, 0.1) is 13.0 Å². The van der Waals surface area contributed by atoms with E-state index in [-0.39, 0.29) is 35.8 Å². The summed E-state index contributed by atoms with van der Waals surface area (Å²) in [5.74, 6) is 1.22. The monoisotopic (exact) mass is 323 g/mol. The van der Waals surface area contributed by atoms with Crippen molar-refractivity contribution in [2.45, 2.75) is 45.3 Å². The lowest BCUT2D eigenvalue weighted by Gasteiger charge is -2.25. The highest BCUT2D eigenvalue weighted by molar-refractivity contribution is 5.95. The van der Waals surface area contributed by atoms with Gasteiger partial charge in [0.1, 0.15) is 12.1 Å². The highest BCUT2D eigenvalue weighted by Gasteiger charge is 2.60. The number of ketones is 1. The van der Waals surface area contributed by atoms with Crippen molar-refractivity contribution in [1.29, 1.82) is 0 Å². The minimum Gasteiger partial charge on any atom is -1.00 e. The lowest BCUT2D eigenvalue weighted by Crippen LogP contribution is -3.00. The van der Waals surface area contributed by atoms with Crippen molar-refractivity contribution in [3.63, 3.8) is 0 Å². The predicted octanol–water partition coefficient (Wildman–Crippen LogP) is -1.38. The molecule has 0 saturated heterocycles. The molecular formula is C18H26ClNO2. The standard InChI is InChI=1S/C18H25NO2.ClH/c1-18(2)13-8-9-14(18)17(21)16(13)19-11-10-15(20)12-6-4-3-5-7-12;/h3-7,13-14,16-17,19,21H,8-11H2,1-2H3;1H. The summed E-state index contributed by atoms with van der Waals surface area (Å²) >= 11 is 0. The van der Waals surface area contributed by atoms with Crippen LogP contribution < -0.4 is 17.7 Å². The number of quaternary nitrogens is 1. The highest BCUT2D eigenvalue weighted by Crippen LogP contribution is 2.56. The molecule has 1 aromatic carbocycles. The Kier molecular flexibility index (Phi) is 5.31. The first-order chi connectivity index (χ1) is 10.0. The van der Waals surface area contributed by atoms with Crippen molar-refractivity contribution in [1.82, 2.24) is 0 Å². The van der Waals surface area contributed by atoms with Crippen molar-refractivity contribution in [3.8, 4) is 0 Å². The van der Waals surface area contributed by atoms with Gasteiger partial charge in [-0.2, -0.15) is 0 Å². The van der Waals surface area contributed by atoms with E-state index in [1.807, 2.05) is 30.3 Å². The van der Waals surface area contributed by atoms with Crippen molar-refractivity contribution in [2.75, 3.05) is 6.54 Å². The number of fused-ring (bicyclic) bond motifs is 2. The molecule has 2 aliphatic carbocycles. The van der Waals surface area contributed by atoms with E-state index in [1.54, 1.807) is 0 Å². The van der Waals surface area contributed by atoms with E-state index in [4.69, 9.17) is 0 Å². The summed E-state index contributed by atoms with van der Waals surface area (Å²) in [5.41, 5.74) is 1.05. The number of nitrogens with two attached hydrogens (primary N) is 1. The van der Waals surface area contributed by atoms with Crippen molar-refractivity contribution < 1.29 is 27.6 Å². The molecule has 2 bridgehead atoms. The zero-order chi connectivity index (χ0) is 15.0. The molecule has 3 nitrogen and oxygen atoms in total. The van der Waals surface area contributed by atoms with Gasteiger partial charge in [0, 0.05) is 11.5 Å². The lowest BCUT2D eigenvalue weighted by atomic mass is 9.81. The summed E-state index contributed by atoms with van der Waals surface area (Å²) in [6.07, 6.45) is 2.73. The van der Waals surface area contributed by atoms with Crippen LogP contribution in [0.15, 0.2) is 30.3 Å². The molecule has 0 heterocycles. The van der Waals surface area contributed by atoms with E-state index in [1.165, 1.54) is 6.42 Å². The topological polar surface area (TPSA) is 53.9 Å². The van der Waals surface area contributed by atoms with Crippen LogP contribution in [0.25, 0.3) is 0 Å². The highest BCUT2D eigenvalue weighted by atomic mass is 35.5. The largest absolute Gasteiger partial charge is 1.00 e. The first-order valence-corrected chi connectivity index (χ1v) is 8.11. The first-order valence-electron chi connectivity index (χ1n) is 8.11. The minimum absolute atomic E-state index is 0. The van der Waals surface area contributed by atoms with Crippen LogP contribution in [0, 0.1) is 17.3 Å². The first kappa shape index (κ1) is 17.5. The van der Waals surface area contributed by atoms with Gasteiger partial charge in [-0.3, -0.25) is 4.79 Å². The number of benzene rings is 1. The molecule has 3 rings (SSSR count). The Labute approximate surface area is 138 Å². The van der Waals surface area contributed by atoms with Gasteiger partial charge in [-0.1, -0.05) is 44.2 Å². The van der Waals surface area contributed by atoms with Gasteiger partial charge in [0.25, 0.3) is 0 Å². The van der Waals surface area contributed by atoms with E-state index in [2.05, 4.69) is 19.2 Å². The maximum Gasteiger partial charge on any atom is 0.168 e. The van der Waals surface area contributed by atoms with Crippen LogP contribution in [0.2, 0.25) is 0 Å². The molecule has 1 aromatic rings. The Balaban J connectivity index is 0.00000176. The molecule has 4 unspecified atom stereocenters. The molecule has 22 heavy (non-hydrogen) atoms. The summed E-state index contributed by atoms with van der Waals surface area (Å²) in [6.45, 7) is 5.36. The van der Waals surface area contributed by atoms with E-state index in [0.29, 0.717) is 18.3 Å². The molecule has 4 heteroatoms. The van der Waals surface area contributed by atoms with Gasteiger partial charge >= 0.3 is 0 Å². The molecule has 2 saturated carbocycles. The molecule has 4 atom stereocenters. The average molecular weight is 324 g/mol. The molecule has 2 fully saturated rings. The van der Waals surface area contributed by atoms with Gasteiger partial charge in [-0.25, -0.2) is 0 Å². The van der Waals surface area contributed by atoms with Gasteiger partial charge in [0.2, 0.25) is 0 Å². The van der Waals surface area contributed by atoms with Gasteiger partial charge in [-0.15, -0.1) is 0 Å². The fraction of sp³-hybridized carbons (Fsp3) is 0.611. The predicted molar refractivity (Wildman–Crippen MR) is 82.0 cm³/mol. The number of carbonyl (C=O) groups is 1. The van der Waals surface area contributed by atoms with Crippen LogP contribution in [0.5, 0.6) is 0 Å². The number of hydrogen-bond donors (Lipinski definition) is 2. The van der Waals surface area contributed by atoms with Crippen LogP contribution in [0.3, 0.4) is 0 Å². The van der Waals surface area contributed by atoms with Gasteiger partial charge in [0.15, 0.2) is 5.78 Å². The van der Waals surface area contributed by atoms with Crippen LogP contribution >= 0.6 is 0 Å². The fourth-order valence-corrected chi connectivity index (χ4v) is 4.66. The van der Waals surface area contributed by atoms with Crippen molar-refractivity contribution >= 4 is 5.78 Å². The molecular weight excluding hydrogens is 298 g/mol. The number of Topliss-reactive ketones (excluding diaryl/α,β-unsaturated/α-hetero) is 1. The average Bonchev–Trinajstić information content (AvgIpc) is 2.87. The number of hydrogen-bond acceptors (Lipinski definition) is 2. The molecule has 0 aromatic heterocycles. The Bertz CT molecular complexity index is 517. The second kappa shape index (κ2) is 6.69. The number of aliphatic hydroxyl groups is 1. The zero-order valence-corrected chi connectivity index (χ0v) is 14.1. The molecule has 3 N–H and O–H groups in total. The molecule has 0 spiro atoms. The van der Waals surface area contributed by atoms with Crippen LogP contribution in [0.1, 0.15) is 43.5 Å². The molecule has 0 radical (unpaired) electrons. The van der Waals surface area contributed by atoms with Crippen molar-refractivity contribution in [3.05, 3.63) is 35.9 Å². The number of rotatable bonds is 5. The van der Waals surface area contributed by atoms with E-state index >= 15 is 0 Å². The van der Waals surface area contributed by atoms with Crippen LogP contribution in [-0.4, -0.2) is 29.6 Å². The summed E-state index contributed by atoms with van der Waals surface area (Å²) in [6, 6.07) is 9.76. The van der Waals surface area contributed by atoms with Crippen LogP contribution in [-0.2, 0) is 0 Å². The molecule has 0 amide bonds. The molecule has 2 aliphatic rings. The minimum atomic E-state index is -0.203. The second-order valence-corrected chi connectivity index (χ2v) is 7.24. The second-order valence-electron chi connectivity index (χ2n) is 7.24. The normalized spacial score (nSPS) is 31.8. The fourth-order valence-electron chi connectivity index (χ4n) is 4.66. The lowest BCUT2D eigenvalue weighted by molar-refractivity contribution is -0.701. The van der Waals surface area contributed by atoms with Gasteiger partial charge < -0.3 is 22.8 Å². The summed E-state index contributed by atoms with van der Waals surface area (Å²) in [5, 5.41) is 12.7.